The number of amides is 2. The van der Waals surface area contributed by atoms with E-state index in [1.165, 1.54) is 6.42 Å². The highest BCUT2D eigenvalue weighted by atomic mass is 32.2. The molecule has 2 amide bonds. The molecule has 0 N–H and O–H groups in total. The van der Waals surface area contributed by atoms with Crippen molar-refractivity contribution >= 4 is 23.6 Å². The number of piperidine rings is 1. The molecule has 2 saturated heterocycles. The molecule has 3 heterocycles. The van der Waals surface area contributed by atoms with Crippen LogP contribution in [0.4, 0.5) is 0 Å². The van der Waals surface area contributed by atoms with Gasteiger partial charge in [0.1, 0.15) is 11.1 Å². The molecule has 4 rings (SSSR count). The molecule has 1 aromatic carbocycles. The molecule has 5 nitrogen and oxygen atoms in total. The van der Waals surface area contributed by atoms with Gasteiger partial charge >= 0.3 is 0 Å². The van der Waals surface area contributed by atoms with E-state index in [0.29, 0.717) is 18.2 Å². The molecule has 0 saturated carbocycles. The minimum atomic E-state index is -0.0400. The molecule has 142 valence electrons. The number of thioether (sulfide) groups is 1. The van der Waals surface area contributed by atoms with E-state index in [-0.39, 0.29) is 17.2 Å². The number of furan rings is 1. The van der Waals surface area contributed by atoms with Gasteiger partial charge in [-0.25, -0.2) is 0 Å². The van der Waals surface area contributed by atoms with Crippen LogP contribution in [0, 0.1) is 5.92 Å². The Bertz CT molecular complexity index is 803. The first-order valence-electron chi connectivity index (χ1n) is 9.44. The van der Waals surface area contributed by atoms with Crippen molar-refractivity contribution in [1.82, 2.24) is 9.80 Å². The van der Waals surface area contributed by atoms with Crippen molar-refractivity contribution in [2.24, 2.45) is 5.92 Å². The molecule has 2 fully saturated rings. The number of hydrogen-bond donors (Lipinski definition) is 0. The molecular weight excluding hydrogens is 360 g/mol. The molecule has 6 heteroatoms. The summed E-state index contributed by atoms with van der Waals surface area (Å²) in [6.45, 7) is 4.35. The summed E-state index contributed by atoms with van der Waals surface area (Å²) in [5, 5.41) is -0.0400. The number of hydrogen-bond acceptors (Lipinski definition) is 4. The first-order chi connectivity index (χ1) is 13.1. The lowest BCUT2D eigenvalue weighted by Crippen LogP contribution is -2.39. The summed E-state index contributed by atoms with van der Waals surface area (Å²) < 4.78 is 5.40. The van der Waals surface area contributed by atoms with Crippen molar-refractivity contribution in [2.75, 3.05) is 18.8 Å². The number of nitrogens with zero attached hydrogens (tertiary/aromatic N) is 2. The number of rotatable bonds is 4. The van der Waals surface area contributed by atoms with Crippen LogP contribution in [-0.2, 0) is 11.3 Å². The summed E-state index contributed by atoms with van der Waals surface area (Å²) in [5.74, 6) is 2.04. The lowest BCUT2D eigenvalue weighted by atomic mass is 9.99. The maximum atomic E-state index is 12.7. The first-order valence-corrected chi connectivity index (χ1v) is 10.5. The van der Waals surface area contributed by atoms with Crippen molar-refractivity contribution in [1.29, 1.82) is 0 Å². The summed E-state index contributed by atoms with van der Waals surface area (Å²) in [7, 11) is 0. The van der Waals surface area contributed by atoms with Gasteiger partial charge in [0.2, 0.25) is 5.91 Å². The number of carbonyl (C=O) groups is 2. The molecule has 0 aliphatic carbocycles. The molecule has 2 aliphatic rings. The molecule has 0 radical (unpaired) electrons. The molecule has 0 unspecified atom stereocenters. The predicted molar refractivity (Wildman–Crippen MR) is 105 cm³/mol. The first kappa shape index (κ1) is 18.2. The van der Waals surface area contributed by atoms with E-state index < -0.39 is 0 Å². The van der Waals surface area contributed by atoms with E-state index in [9.17, 15) is 9.59 Å². The van der Waals surface area contributed by atoms with Crippen molar-refractivity contribution in [3.63, 3.8) is 0 Å². The number of benzene rings is 1. The SMILES string of the molecule is C[C@H]1CCCN(C(=O)c2ccc([C@H]3SCC(=O)N3Cc3ccco3)cc2)C1. The zero-order chi connectivity index (χ0) is 18.8. The molecule has 0 spiro atoms. The molecular formula is C21H24N2O3S. The molecule has 1 aromatic heterocycles. The van der Waals surface area contributed by atoms with Crippen molar-refractivity contribution in [2.45, 2.75) is 31.7 Å². The summed E-state index contributed by atoms with van der Waals surface area (Å²) in [5.41, 5.74) is 1.76. The lowest BCUT2D eigenvalue weighted by Gasteiger charge is -2.31. The summed E-state index contributed by atoms with van der Waals surface area (Å²) in [6, 6.07) is 11.5. The standard InChI is InChI=1S/C21H24N2O3S/c1-15-4-2-10-22(12-15)20(25)16-6-8-17(9-7-16)21-23(19(24)14-27-21)13-18-5-3-11-26-18/h3,5-9,11,15,21H,2,4,10,12-14H2,1H3/t15-,21+/m0/s1. The maximum Gasteiger partial charge on any atom is 0.253 e. The van der Waals surface area contributed by atoms with Gasteiger partial charge in [-0.15, -0.1) is 11.8 Å². The third kappa shape index (κ3) is 3.90. The van der Waals surface area contributed by atoms with E-state index in [2.05, 4.69) is 6.92 Å². The van der Waals surface area contributed by atoms with Gasteiger partial charge < -0.3 is 14.2 Å². The van der Waals surface area contributed by atoms with Crippen LogP contribution in [0.25, 0.3) is 0 Å². The van der Waals surface area contributed by atoms with Gasteiger partial charge in [-0.05, 0) is 48.6 Å². The normalized spacial score (nSPS) is 23.1. The van der Waals surface area contributed by atoms with E-state index in [0.717, 1.165) is 36.4 Å². The molecule has 2 atom stereocenters. The van der Waals surface area contributed by atoms with Crippen LogP contribution >= 0.6 is 11.8 Å². The maximum absolute atomic E-state index is 12.7. The second-order valence-electron chi connectivity index (χ2n) is 7.38. The highest BCUT2D eigenvalue weighted by Gasteiger charge is 2.33. The minimum absolute atomic E-state index is 0.0400. The minimum Gasteiger partial charge on any atom is -0.467 e. The smallest absolute Gasteiger partial charge is 0.253 e. The lowest BCUT2D eigenvalue weighted by molar-refractivity contribution is -0.128. The second kappa shape index (κ2) is 7.80. The second-order valence-corrected chi connectivity index (χ2v) is 8.45. The summed E-state index contributed by atoms with van der Waals surface area (Å²) >= 11 is 1.62. The van der Waals surface area contributed by atoms with E-state index in [4.69, 9.17) is 4.42 Å². The highest BCUT2D eigenvalue weighted by Crippen LogP contribution is 2.39. The average Bonchev–Trinajstić information content (AvgIpc) is 3.32. The molecule has 0 bridgehead atoms. The Morgan fingerprint density at radius 2 is 2.07 bits per heavy atom. The Morgan fingerprint density at radius 1 is 1.26 bits per heavy atom. The van der Waals surface area contributed by atoms with Crippen LogP contribution in [0.15, 0.2) is 47.1 Å². The summed E-state index contributed by atoms with van der Waals surface area (Å²) in [6.07, 6.45) is 3.90. The van der Waals surface area contributed by atoms with Crippen molar-refractivity contribution < 1.29 is 14.0 Å². The number of carbonyl (C=O) groups excluding carboxylic acids is 2. The third-order valence-corrected chi connectivity index (χ3v) is 6.52. The quantitative estimate of drug-likeness (QED) is 0.802. The Kier molecular flexibility index (Phi) is 5.25. The largest absolute Gasteiger partial charge is 0.467 e. The fourth-order valence-corrected chi connectivity index (χ4v) is 5.01. The van der Waals surface area contributed by atoms with Crippen LogP contribution in [0.3, 0.4) is 0 Å². The van der Waals surface area contributed by atoms with Crippen molar-refractivity contribution in [3.05, 3.63) is 59.5 Å². The van der Waals surface area contributed by atoms with E-state index in [1.54, 1.807) is 18.0 Å². The average molecular weight is 385 g/mol. The topological polar surface area (TPSA) is 53.8 Å². The zero-order valence-electron chi connectivity index (χ0n) is 15.5. The van der Waals surface area contributed by atoms with Gasteiger partial charge in [-0.3, -0.25) is 9.59 Å². The zero-order valence-corrected chi connectivity index (χ0v) is 16.3. The highest BCUT2D eigenvalue weighted by molar-refractivity contribution is 8.00. The van der Waals surface area contributed by atoms with Gasteiger partial charge in [0, 0.05) is 18.7 Å². The van der Waals surface area contributed by atoms with Gasteiger partial charge in [0.05, 0.1) is 18.6 Å². The Balaban J connectivity index is 1.48. The van der Waals surface area contributed by atoms with Gasteiger partial charge in [0.25, 0.3) is 5.91 Å². The van der Waals surface area contributed by atoms with Crippen LogP contribution in [0.2, 0.25) is 0 Å². The number of likely N-dealkylation sites (tertiary alicyclic amines) is 1. The molecule has 2 aromatic rings. The third-order valence-electron chi connectivity index (χ3n) is 5.26. The van der Waals surface area contributed by atoms with Crippen LogP contribution < -0.4 is 0 Å². The van der Waals surface area contributed by atoms with Gasteiger partial charge in [-0.1, -0.05) is 19.1 Å². The van der Waals surface area contributed by atoms with Gasteiger partial charge in [-0.2, -0.15) is 0 Å². The van der Waals surface area contributed by atoms with Gasteiger partial charge in [0.15, 0.2) is 0 Å². The summed E-state index contributed by atoms with van der Waals surface area (Å²) in [4.78, 5) is 28.8. The van der Waals surface area contributed by atoms with E-state index in [1.807, 2.05) is 46.2 Å². The van der Waals surface area contributed by atoms with Crippen LogP contribution in [-0.4, -0.2) is 40.5 Å². The fourth-order valence-electron chi connectivity index (χ4n) is 3.82. The monoisotopic (exact) mass is 384 g/mol. The van der Waals surface area contributed by atoms with E-state index >= 15 is 0 Å². The Hall–Kier alpha value is -2.21. The molecule has 27 heavy (non-hydrogen) atoms. The van der Waals surface area contributed by atoms with Crippen LogP contribution in [0.5, 0.6) is 0 Å². The Morgan fingerprint density at radius 3 is 2.78 bits per heavy atom. The Labute approximate surface area is 163 Å². The molecule has 2 aliphatic heterocycles. The van der Waals surface area contributed by atoms with Crippen molar-refractivity contribution in [3.8, 4) is 0 Å². The predicted octanol–water partition coefficient (Wildman–Crippen LogP) is 3.93. The fraction of sp³-hybridized carbons (Fsp3) is 0.429. The van der Waals surface area contributed by atoms with Crippen LogP contribution in [0.1, 0.15) is 46.8 Å².